The molecule has 0 aromatic heterocycles. The van der Waals surface area contributed by atoms with Crippen LogP contribution in [0.4, 0.5) is 21.5 Å². The number of fused-ring (bicyclic) bond motifs is 1. The van der Waals surface area contributed by atoms with E-state index in [0.717, 1.165) is 17.0 Å². The molecule has 0 bridgehead atoms. The normalized spacial score (nSPS) is 21.4. The summed E-state index contributed by atoms with van der Waals surface area (Å²) in [6, 6.07) is 15.1. The van der Waals surface area contributed by atoms with Crippen LogP contribution in [0.1, 0.15) is 11.6 Å². The molecule has 35 heavy (non-hydrogen) atoms. The number of amides is 2. The molecular weight excluding hydrogens is 525 g/mol. The fourth-order valence-electron chi connectivity index (χ4n) is 4.48. The monoisotopic (exact) mass is 541 g/mol. The summed E-state index contributed by atoms with van der Waals surface area (Å²) in [4.78, 5) is 44.8. The van der Waals surface area contributed by atoms with Crippen molar-refractivity contribution in [3.05, 3.63) is 92.7 Å². The number of carbonyl (C=O) groups is 2. The number of halogens is 2. The molecule has 0 radical (unpaired) electrons. The van der Waals surface area contributed by atoms with Gasteiger partial charge in [0.15, 0.2) is 6.10 Å². The quantitative estimate of drug-likeness (QED) is 0.265. The number of hydrogen-bond acceptors (Lipinski definition) is 7. The lowest BCUT2D eigenvalue weighted by atomic mass is 9.90. The van der Waals surface area contributed by atoms with Crippen molar-refractivity contribution < 1.29 is 28.5 Å². The van der Waals surface area contributed by atoms with Gasteiger partial charge in [-0.3, -0.25) is 24.5 Å². The summed E-state index contributed by atoms with van der Waals surface area (Å²) < 4.78 is 19.7. The van der Waals surface area contributed by atoms with E-state index in [1.165, 1.54) is 42.5 Å². The van der Waals surface area contributed by atoms with Crippen molar-refractivity contribution in [1.82, 2.24) is 0 Å². The average molecular weight is 542 g/mol. The number of imide groups is 1. The van der Waals surface area contributed by atoms with E-state index in [2.05, 4.69) is 15.9 Å². The molecule has 2 aliphatic rings. The summed E-state index contributed by atoms with van der Waals surface area (Å²) in [5.41, 5.74) is 0.896. The number of non-ortho nitro benzene ring substituents is 1. The van der Waals surface area contributed by atoms with E-state index in [4.69, 9.17) is 9.57 Å². The Hall–Kier alpha value is -3.83. The van der Waals surface area contributed by atoms with Crippen LogP contribution in [0.15, 0.2) is 71.2 Å². The van der Waals surface area contributed by atoms with E-state index >= 15 is 0 Å². The molecule has 2 fully saturated rings. The van der Waals surface area contributed by atoms with Crippen LogP contribution in [-0.4, -0.2) is 30.0 Å². The maximum Gasteiger partial charge on any atom is 0.271 e. The summed E-state index contributed by atoms with van der Waals surface area (Å²) in [5.74, 6) is -2.20. The van der Waals surface area contributed by atoms with Crippen LogP contribution in [0.3, 0.4) is 0 Å². The van der Waals surface area contributed by atoms with Gasteiger partial charge in [-0.1, -0.05) is 22.0 Å². The molecule has 0 aliphatic carbocycles. The number of carbonyl (C=O) groups excluding carboxylic acids is 2. The second-order valence-electron chi connectivity index (χ2n) is 7.97. The fourth-order valence-corrected chi connectivity index (χ4v) is 4.86. The average Bonchev–Trinajstić information content (AvgIpc) is 3.36. The molecule has 2 heterocycles. The van der Waals surface area contributed by atoms with Gasteiger partial charge in [0.25, 0.3) is 11.6 Å². The van der Waals surface area contributed by atoms with Crippen LogP contribution in [0.25, 0.3) is 0 Å². The van der Waals surface area contributed by atoms with Crippen molar-refractivity contribution >= 4 is 44.8 Å². The molecule has 0 spiro atoms. The summed E-state index contributed by atoms with van der Waals surface area (Å²) in [6.07, 6.45) is -1.19. The maximum atomic E-state index is 13.6. The van der Waals surface area contributed by atoms with Crippen molar-refractivity contribution in [2.45, 2.75) is 12.1 Å². The highest BCUT2D eigenvalue weighted by Crippen LogP contribution is 2.50. The molecule has 178 valence electrons. The van der Waals surface area contributed by atoms with Gasteiger partial charge in [0.05, 0.1) is 29.4 Å². The Kier molecular flexibility index (Phi) is 5.73. The number of nitro benzene ring substituents is 1. The minimum atomic E-state index is -1.19. The van der Waals surface area contributed by atoms with E-state index < -0.39 is 40.6 Å². The lowest BCUT2D eigenvalue weighted by Crippen LogP contribution is -2.37. The zero-order valence-corrected chi connectivity index (χ0v) is 19.7. The van der Waals surface area contributed by atoms with Gasteiger partial charge in [0.1, 0.15) is 17.5 Å². The van der Waals surface area contributed by atoms with Gasteiger partial charge in [-0.2, -0.15) is 0 Å². The van der Waals surface area contributed by atoms with Crippen LogP contribution < -0.4 is 14.7 Å². The van der Waals surface area contributed by atoms with Crippen molar-refractivity contribution in [2.75, 3.05) is 17.1 Å². The second-order valence-corrected chi connectivity index (χ2v) is 8.89. The second kappa shape index (κ2) is 8.75. The maximum absolute atomic E-state index is 13.6. The molecule has 3 aromatic rings. The molecule has 9 nitrogen and oxygen atoms in total. The minimum absolute atomic E-state index is 0.172. The zero-order valence-electron chi connectivity index (χ0n) is 18.1. The van der Waals surface area contributed by atoms with Crippen LogP contribution in [0, 0.1) is 21.8 Å². The third-order valence-corrected chi connectivity index (χ3v) is 6.50. The first kappa shape index (κ1) is 22.9. The minimum Gasteiger partial charge on any atom is -0.496 e. The number of methoxy groups -OCH3 is 1. The highest BCUT2D eigenvalue weighted by atomic mass is 79.9. The molecule has 0 saturated carbocycles. The van der Waals surface area contributed by atoms with Gasteiger partial charge in [-0.05, 0) is 48.5 Å². The topological polar surface area (TPSA) is 102 Å². The van der Waals surface area contributed by atoms with Gasteiger partial charge in [-0.15, -0.1) is 0 Å². The lowest BCUT2D eigenvalue weighted by Gasteiger charge is -2.29. The Morgan fingerprint density at radius 1 is 1.03 bits per heavy atom. The zero-order chi connectivity index (χ0) is 24.9. The van der Waals surface area contributed by atoms with Gasteiger partial charge < -0.3 is 4.74 Å². The van der Waals surface area contributed by atoms with E-state index in [0.29, 0.717) is 21.5 Å². The first-order valence-corrected chi connectivity index (χ1v) is 11.3. The first-order chi connectivity index (χ1) is 16.8. The third kappa shape index (κ3) is 3.82. The smallest absolute Gasteiger partial charge is 0.271 e. The Balaban J connectivity index is 1.64. The van der Waals surface area contributed by atoms with Gasteiger partial charge in [-0.25, -0.2) is 14.4 Å². The number of benzene rings is 3. The van der Waals surface area contributed by atoms with Crippen LogP contribution in [0.5, 0.6) is 5.75 Å². The Morgan fingerprint density at radius 2 is 1.77 bits per heavy atom. The van der Waals surface area contributed by atoms with Gasteiger partial charge >= 0.3 is 0 Å². The van der Waals surface area contributed by atoms with Crippen molar-refractivity contribution in [3.63, 3.8) is 0 Å². The molecule has 3 atom stereocenters. The summed E-state index contributed by atoms with van der Waals surface area (Å²) in [6.45, 7) is 0. The highest BCUT2D eigenvalue weighted by molar-refractivity contribution is 9.10. The molecule has 3 aromatic carbocycles. The molecule has 2 saturated heterocycles. The SMILES string of the molecule is COc1ccc(Br)cc1[C@@H]1[C@@H]2C(=O)N(c3ccc(F)cc3)C(=O)[C@H]2ON1c1cccc([N+](=O)[O-])c1. The van der Waals surface area contributed by atoms with Gasteiger partial charge in [0.2, 0.25) is 5.91 Å². The van der Waals surface area contributed by atoms with E-state index in [1.54, 1.807) is 24.3 Å². The predicted octanol–water partition coefficient (Wildman–Crippen LogP) is 4.56. The van der Waals surface area contributed by atoms with Gasteiger partial charge in [0, 0.05) is 22.2 Å². The first-order valence-electron chi connectivity index (χ1n) is 10.5. The molecule has 0 N–H and O–H groups in total. The number of nitro groups is 1. The molecule has 5 rings (SSSR count). The van der Waals surface area contributed by atoms with Crippen molar-refractivity contribution in [1.29, 1.82) is 0 Å². The Labute approximate surface area is 206 Å². The number of nitrogens with zero attached hydrogens (tertiary/aromatic N) is 3. The standard InChI is InChI=1S/C24H17BrFN3O6/c1-34-19-10-5-13(25)11-18(19)21-20-22(35-28(21)16-3-2-4-17(12-16)29(32)33)24(31)27(23(20)30)15-8-6-14(26)7-9-15/h2-12,20-22H,1H3/t20-,21+,22-/m0/s1. The number of hydroxylamine groups is 1. The Morgan fingerprint density at radius 3 is 2.46 bits per heavy atom. The van der Waals surface area contributed by atoms with Crippen LogP contribution in [-0.2, 0) is 14.4 Å². The van der Waals surface area contributed by atoms with Crippen molar-refractivity contribution in [2.24, 2.45) is 5.92 Å². The van der Waals surface area contributed by atoms with E-state index in [-0.39, 0.29) is 11.4 Å². The Bertz CT molecular complexity index is 1350. The van der Waals surface area contributed by atoms with E-state index in [9.17, 15) is 24.1 Å². The van der Waals surface area contributed by atoms with Crippen molar-refractivity contribution in [3.8, 4) is 5.75 Å². The number of hydrogen-bond donors (Lipinski definition) is 0. The molecule has 11 heteroatoms. The number of ether oxygens (including phenoxy) is 1. The lowest BCUT2D eigenvalue weighted by molar-refractivity contribution is -0.384. The van der Waals surface area contributed by atoms with E-state index in [1.807, 2.05) is 0 Å². The summed E-state index contributed by atoms with van der Waals surface area (Å²) in [7, 11) is 1.48. The third-order valence-electron chi connectivity index (χ3n) is 6.01. The van der Waals surface area contributed by atoms with Crippen LogP contribution >= 0.6 is 15.9 Å². The summed E-state index contributed by atoms with van der Waals surface area (Å²) >= 11 is 3.43. The molecular formula is C24H17BrFN3O6. The highest BCUT2D eigenvalue weighted by Gasteiger charge is 2.60. The largest absolute Gasteiger partial charge is 0.496 e. The molecule has 2 aliphatic heterocycles. The molecule has 2 amide bonds. The fraction of sp³-hybridized carbons (Fsp3) is 0.167. The molecule has 0 unspecified atom stereocenters. The predicted molar refractivity (Wildman–Crippen MR) is 126 cm³/mol. The number of anilines is 2. The number of rotatable bonds is 5. The summed E-state index contributed by atoms with van der Waals surface area (Å²) in [5, 5.41) is 12.7. The van der Waals surface area contributed by atoms with Crippen LogP contribution in [0.2, 0.25) is 0 Å².